The predicted octanol–water partition coefficient (Wildman–Crippen LogP) is 1.84. The lowest BCUT2D eigenvalue weighted by molar-refractivity contribution is 0.167. The standard InChI is InChI=1S/C13H21FN2O3S/c1-4-10(2)16(7-8-19-3)20(17,18)13-6-5-11(15)9-12(13)14/h5-6,9-10H,4,7-8,15H2,1-3H3. The molecule has 1 aromatic carbocycles. The third-order valence-electron chi connectivity index (χ3n) is 3.14. The average Bonchev–Trinajstić information content (AvgIpc) is 2.38. The monoisotopic (exact) mass is 304 g/mol. The van der Waals surface area contributed by atoms with Crippen LogP contribution in [0.3, 0.4) is 0 Å². The van der Waals surface area contributed by atoms with Crippen LogP contribution in [0, 0.1) is 5.82 Å². The first-order chi connectivity index (χ1) is 9.34. The highest BCUT2D eigenvalue weighted by molar-refractivity contribution is 7.89. The van der Waals surface area contributed by atoms with E-state index in [4.69, 9.17) is 10.5 Å². The van der Waals surface area contributed by atoms with Crippen molar-refractivity contribution in [1.82, 2.24) is 4.31 Å². The summed E-state index contributed by atoms with van der Waals surface area (Å²) in [4.78, 5) is -0.358. The second-order valence-corrected chi connectivity index (χ2v) is 6.41. The van der Waals surface area contributed by atoms with Gasteiger partial charge in [0.2, 0.25) is 10.0 Å². The number of nitrogens with two attached hydrogens (primary N) is 1. The molecule has 5 nitrogen and oxygen atoms in total. The molecule has 0 fully saturated rings. The third kappa shape index (κ3) is 3.68. The van der Waals surface area contributed by atoms with Crippen molar-refractivity contribution < 1.29 is 17.5 Å². The molecule has 0 aliphatic carbocycles. The SMILES string of the molecule is CCC(C)N(CCOC)S(=O)(=O)c1ccc(N)cc1F. The molecular weight excluding hydrogens is 283 g/mol. The maximum atomic E-state index is 13.9. The van der Waals surface area contributed by atoms with E-state index in [2.05, 4.69) is 0 Å². The number of rotatable bonds is 7. The van der Waals surface area contributed by atoms with Gasteiger partial charge in [0.15, 0.2) is 0 Å². The average molecular weight is 304 g/mol. The lowest BCUT2D eigenvalue weighted by atomic mass is 10.3. The molecule has 0 spiro atoms. The maximum Gasteiger partial charge on any atom is 0.246 e. The fourth-order valence-corrected chi connectivity index (χ4v) is 3.55. The van der Waals surface area contributed by atoms with Gasteiger partial charge in [-0.2, -0.15) is 4.31 Å². The van der Waals surface area contributed by atoms with Crippen LogP contribution >= 0.6 is 0 Å². The largest absolute Gasteiger partial charge is 0.399 e. The zero-order valence-corrected chi connectivity index (χ0v) is 12.8. The van der Waals surface area contributed by atoms with Crippen LogP contribution in [0.4, 0.5) is 10.1 Å². The van der Waals surface area contributed by atoms with Crippen molar-refractivity contribution in [2.75, 3.05) is 26.0 Å². The molecular formula is C13H21FN2O3S. The Bertz CT molecular complexity index is 549. The Labute approximate surface area is 119 Å². The van der Waals surface area contributed by atoms with E-state index < -0.39 is 15.8 Å². The smallest absolute Gasteiger partial charge is 0.246 e. The molecule has 114 valence electrons. The maximum absolute atomic E-state index is 13.9. The molecule has 0 aromatic heterocycles. The summed E-state index contributed by atoms with van der Waals surface area (Å²) >= 11 is 0. The Morgan fingerprint density at radius 1 is 1.45 bits per heavy atom. The van der Waals surface area contributed by atoms with E-state index in [9.17, 15) is 12.8 Å². The molecule has 1 rings (SSSR count). The number of hydrogen-bond donors (Lipinski definition) is 1. The summed E-state index contributed by atoms with van der Waals surface area (Å²) in [6, 6.07) is 3.34. The Kier molecular flexibility index (Phi) is 5.91. The number of sulfonamides is 1. The number of benzene rings is 1. The molecule has 0 aliphatic heterocycles. The molecule has 0 radical (unpaired) electrons. The number of anilines is 1. The Morgan fingerprint density at radius 2 is 2.10 bits per heavy atom. The number of hydrogen-bond acceptors (Lipinski definition) is 4. The predicted molar refractivity (Wildman–Crippen MR) is 76.3 cm³/mol. The van der Waals surface area contributed by atoms with E-state index in [0.717, 1.165) is 6.07 Å². The number of nitrogens with zero attached hydrogens (tertiary/aromatic N) is 1. The summed E-state index contributed by atoms with van der Waals surface area (Å²) in [7, 11) is -2.42. The van der Waals surface area contributed by atoms with Crippen molar-refractivity contribution in [2.45, 2.75) is 31.2 Å². The molecule has 7 heteroatoms. The van der Waals surface area contributed by atoms with Crippen molar-refractivity contribution in [3.63, 3.8) is 0 Å². The molecule has 1 unspecified atom stereocenters. The van der Waals surface area contributed by atoms with Gasteiger partial charge in [0, 0.05) is 25.4 Å². The minimum atomic E-state index is -3.91. The number of methoxy groups -OCH3 is 1. The van der Waals surface area contributed by atoms with Crippen LogP contribution in [0.25, 0.3) is 0 Å². The molecule has 0 amide bonds. The van der Waals surface area contributed by atoms with Crippen molar-refractivity contribution in [1.29, 1.82) is 0 Å². The number of ether oxygens (including phenoxy) is 1. The minimum Gasteiger partial charge on any atom is -0.399 e. The van der Waals surface area contributed by atoms with Crippen molar-refractivity contribution in [2.24, 2.45) is 0 Å². The van der Waals surface area contributed by atoms with E-state index in [1.54, 1.807) is 6.92 Å². The van der Waals surface area contributed by atoms with Crippen LogP contribution in [0.5, 0.6) is 0 Å². The van der Waals surface area contributed by atoms with Crippen molar-refractivity contribution in [3.05, 3.63) is 24.0 Å². The van der Waals surface area contributed by atoms with Crippen molar-refractivity contribution >= 4 is 15.7 Å². The first kappa shape index (κ1) is 16.9. The van der Waals surface area contributed by atoms with Gasteiger partial charge in [-0.15, -0.1) is 0 Å². The molecule has 0 heterocycles. The van der Waals surface area contributed by atoms with Crippen LogP contribution in [-0.2, 0) is 14.8 Å². The first-order valence-corrected chi connectivity index (χ1v) is 7.84. The third-order valence-corrected chi connectivity index (χ3v) is 5.19. The lowest BCUT2D eigenvalue weighted by Crippen LogP contribution is -2.40. The van der Waals surface area contributed by atoms with E-state index in [1.807, 2.05) is 6.92 Å². The van der Waals surface area contributed by atoms with Crippen LogP contribution in [0.15, 0.2) is 23.1 Å². The normalized spacial score (nSPS) is 13.7. The van der Waals surface area contributed by atoms with Gasteiger partial charge in [-0.25, -0.2) is 12.8 Å². The van der Waals surface area contributed by atoms with Crippen LogP contribution < -0.4 is 5.73 Å². The summed E-state index contributed by atoms with van der Waals surface area (Å²) in [5.41, 5.74) is 5.63. The lowest BCUT2D eigenvalue weighted by Gasteiger charge is -2.27. The summed E-state index contributed by atoms with van der Waals surface area (Å²) in [6.07, 6.45) is 0.625. The second-order valence-electron chi connectivity index (χ2n) is 4.56. The van der Waals surface area contributed by atoms with Gasteiger partial charge in [0.1, 0.15) is 10.7 Å². The van der Waals surface area contributed by atoms with Crippen LogP contribution in [0.2, 0.25) is 0 Å². The zero-order chi connectivity index (χ0) is 15.3. The minimum absolute atomic E-state index is 0.178. The Morgan fingerprint density at radius 3 is 2.60 bits per heavy atom. The van der Waals surface area contributed by atoms with E-state index in [1.165, 1.54) is 23.5 Å². The van der Waals surface area contributed by atoms with E-state index in [0.29, 0.717) is 6.42 Å². The molecule has 20 heavy (non-hydrogen) atoms. The number of halogens is 1. The van der Waals surface area contributed by atoms with Gasteiger partial charge in [-0.1, -0.05) is 6.92 Å². The highest BCUT2D eigenvalue weighted by Crippen LogP contribution is 2.23. The van der Waals surface area contributed by atoms with Gasteiger partial charge in [-0.3, -0.25) is 0 Å². The van der Waals surface area contributed by atoms with Crippen molar-refractivity contribution in [3.8, 4) is 0 Å². The highest BCUT2D eigenvalue weighted by Gasteiger charge is 2.30. The molecule has 1 atom stereocenters. The topological polar surface area (TPSA) is 72.6 Å². The molecule has 2 N–H and O–H groups in total. The van der Waals surface area contributed by atoms with E-state index in [-0.39, 0.29) is 29.8 Å². The first-order valence-electron chi connectivity index (χ1n) is 6.40. The molecule has 0 bridgehead atoms. The van der Waals surface area contributed by atoms with Gasteiger partial charge < -0.3 is 10.5 Å². The van der Waals surface area contributed by atoms with Crippen LogP contribution in [-0.4, -0.2) is 39.0 Å². The molecule has 0 saturated heterocycles. The molecule has 0 saturated carbocycles. The molecule has 0 aliphatic rings. The summed E-state index contributed by atoms with van der Waals surface area (Å²) in [6.45, 7) is 4.08. The fourth-order valence-electron chi connectivity index (χ4n) is 1.81. The molecule has 1 aromatic rings. The zero-order valence-electron chi connectivity index (χ0n) is 12.0. The highest BCUT2D eigenvalue weighted by atomic mass is 32.2. The Hall–Kier alpha value is -1.18. The van der Waals surface area contributed by atoms with Gasteiger partial charge >= 0.3 is 0 Å². The van der Waals surface area contributed by atoms with Gasteiger partial charge in [0.05, 0.1) is 6.61 Å². The number of nitrogen functional groups attached to an aromatic ring is 1. The van der Waals surface area contributed by atoms with Gasteiger partial charge in [0.25, 0.3) is 0 Å². The summed E-state index contributed by atoms with van der Waals surface area (Å²) in [5.74, 6) is -0.837. The van der Waals surface area contributed by atoms with Crippen LogP contribution in [0.1, 0.15) is 20.3 Å². The fraction of sp³-hybridized carbons (Fsp3) is 0.538. The second kappa shape index (κ2) is 7.01. The van der Waals surface area contributed by atoms with Gasteiger partial charge in [-0.05, 0) is 31.5 Å². The Balaban J connectivity index is 3.21. The summed E-state index contributed by atoms with van der Waals surface area (Å²) < 4.78 is 45.2. The van der Waals surface area contributed by atoms with E-state index >= 15 is 0 Å². The quantitative estimate of drug-likeness (QED) is 0.780. The summed E-state index contributed by atoms with van der Waals surface area (Å²) in [5, 5.41) is 0.